The Morgan fingerprint density at radius 2 is 1.70 bits per heavy atom. The molecule has 0 unspecified atom stereocenters. The predicted molar refractivity (Wildman–Crippen MR) is 82.7 cm³/mol. The van der Waals surface area contributed by atoms with Crippen molar-refractivity contribution in [3.8, 4) is 0 Å². The van der Waals surface area contributed by atoms with Crippen molar-refractivity contribution in [1.82, 2.24) is 5.43 Å². The van der Waals surface area contributed by atoms with Crippen LogP contribution in [0.2, 0.25) is 10.0 Å². The molecule has 2 rings (SSSR count). The predicted octanol–water partition coefficient (Wildman–Crippen LogP) is 4.07. The molecule has 0 heterocycles. The molecule has 0 bridgehead atoms. The number of halogens is 2. The molecule has 0 aliphatic carbocycles. The van der Waals surface area contributed by atoms with Crippen LogP contribution in [0.25, 0.3) is 0 Å². The second-order valence-electron chi connectivity index (χ2n) is 4.20. The van der Waals surface area contributed by atoms with Crippen LogP contribution in [-0.4, -0.2) is 12.1 Å². The molecule has 20 heavy (non-hydrogen) atoms. The first-order chi connectivity index (χ1) is 9.58. The molecule has 102 valence electrons. The summed E-state index contributed by atoms with van der Waals surface area (Å²) in [6.45, 7) is 1.96. The van der Waals surface area contributed by atoms with Crippen LogP contribution < -0.4 is 5.43 Å². The molecule has 0 atom stereocenters. The Kier molecular flexibility index (Phi) is 4.77. The molecule has 0 aliphatic rings. The van der Waals surface area contributed by atoms with Crippen LogP contribution in [0.3, 0.4) is 0 Å². The Hall–Kier alpha value is -1.84. The maximum absolute atomic E-state index is 11.8. The summed E-state index contributed by atoms with van der Waals surface area (Å²) in [6.07, 6.45) is 1.43. The van der Waals surface area contributed by atoms with E-state index in [1.165, 1.54) is 6.21 Å². The van der Waals surface area contributed by atoms with Crippen LogP contribution in [0, 0.1) is 6.92 Å². The fourth-order valence-corrected chi connectivity index (χ4v) is 2.05. The van der Waals surface area contributed by atoms with E-state index in [1.54, 1.807) is 30.3 Å². The Balaban J connectivity index is 2.06. The smallest absolute Gasteiger partial charge is 0.267 e. The number of nitrogens with zero attached hydrogens (tertiary/aromatic N) is 1. The SMILES string of the molecule is Cc1ccc(C(=O)N/N=C\c2c(Cl)cccc2Cl)cc1. The number of rotatable bonds is 3. The van der Waals surface area contributed by atoms with E-state index in [1.807, 2.05) is 19.1 Å². The molecule has 2 aromatic carbocycles. The van der Waals surface area contributed by atoms with Gasteiger partial charge in [-0.3, -0.25) is 4.79 Å². The average molecular weight is 307 g/mol. The number of hydrazone groups is 1. The van der Waals surface area contributed by atoms with E-state index in [0.29, 0.717) is 21.2 Å². The van der Waals surface area contributed by atoms with Gasteiger partial charge in [-0.25, -0.2) is 5.43 Å². The molecule has 0 fully saturated rings. The molecule has 3 nitrogen and oxygen atoms in total. The van der Waals surface area contributed by atoms with Crippen LogP contribution in [0.5, 0.6) is 0 Å². The summed E-state index contributed by atoms with van der Waals surface area (Å²) in [5, 5.41) is 4.82. The van der Waals surface area contributed by atoms with Gasteiger partial charge >= 0.3 is 0 Å². The number of hydrogen-bond donors (Lipinski definition) is 1. The zero-order valence-electron chi connectivity index (χ0n) is 10.7. The van der Waals surface area contributed by atoms with Crippen LogP contribution in [-0.2, 0) is 0 Å². The van der Waals surface area contributed by atoms with E-state index in [9.17, 15) is 4.79 Å². The summed E-state index contributed by atoms with van der Waals surface area (Å²) in [5.74, 6) is -0.288. The topological polar surface area (TPSA) is 41.5 Å². The summed E-state index contributed by atoms with van der Waals surface area (Å²) in [7, 11) is 0. The zero-order chi connectivity index (χ0) is 14.5. The minimum atomic E-state index is -0.288. The van der Waals surface area contributed by atoms with Crippen molar-refractivity contribution in [2.75, 3.05) is 0 Å². The van der Waals surface area contributed by atoms with Gasteiger partial charge in [-0.05, 0) is 31.2 Å². The number of hydrogen-bond acceptors (Lipinski definition) is 2. The number of amides is 1. The third-order valence-electron chi connectivity index (χ3n) is 2.67. The summed E-state index contributed by atoms with van der Waals surface area (Å²) < 4.78 is 0. The van der Waals surface area contributed by atoms with Crippen molar-refractivity contribution >= 4 is 35.3 Å². The summed E-state index contributed by atoms with van der Waals surface area (Å²) in [5.41, 5.74) is 4.63. The Bertz CT molecular complexity index is 631. The van der Waals surface area contributed by atoms with Gasteiger partial charge in [-0.15, -0.1) is 0 Å². The third-order valence-corrected chi connectivity index (χ3v) is 3.33. The van der Waals surface area contributed by atoms with Crippen molar-refractivity contribution in [1.29, 1.82) is 0 Å². The number of carbonyl (C=O) groups excluding carboxylic acids is 1. The standard InChI is InChI=1S/C15H12Cl2N2O/c1-10-5-7-11(8-6-10)15(20)19-18-9-12-13(16)3-2-4-14(12)17/h2-9H,1H3,(H,19,20)/b18-9-. The molecule has 0 aliphatic heterocycles. The van der Waals surface area contributed by atoms with Gasteiger partial charge in [0.2, 0.25) is 0 Å². The lowest BCUT2D eigenvalue weighted by Crippen LogP contribution is -2.17. The first-order valence-corrected chi connectivity index (χ1v) is 6.67. The maximum atomic E-state index is 11.8. The number of nitrogens with one attached hydrogen (secondary N) is 1. The second-order valence-corrected chi connectivity index (χ2v) is 5.01. The molecule has 0 saturated carbocycles. The van der Waals surface area contributed by atoms with E-state index in [4.69, 9.17) is 23.2 Å². The number of aryl methyl sites for hydroxylation is 1. The fraction of sp³-hybridized carbons (Fsp3) is 0.0667. The first-order valence-electron chi connectivity index (χ1n) is 5.92. The highest BCUT2D eigenvalue weighted by Gasteiger charge is 2.04. The van der Waals surface area contributed by atoms with E-state index < -0.39 is 0 Å². The molecule has 5 heteroatoms. The van der Waals surface area contributed by atoms with Crippen LogP contribution in [0.1, 0.15) is 21.5 Å². The van der Waals surface area contributed by atoms with Gasteiger partial charge in [-0.2, -0.15) is 5.10 Å². The van der Waals surface area contributed by atoms with Crippen molar-refractivity contribution in [3.63, 3.8) is 0 Å². The monoisotopic (exact) mass is 306 g/mol. The van der Waals surface area contributed by atoms with E-state index in [0.717, 1.165) is 5.56 Å². The Morgan fingerprint density at radius 3 is 2.30 bits per heavy atom. The van der Waals surface area contributed by atoms with Crippen LogP contribution in [0.4, 0.5) is 0 Å². The first kappa shape index (κ1) is 14.6. The number of carbonyl (C=O) groups is 1. The molecule has 1 N–H and O–H groups in total. The summed E-state index contributed by atoms with van der Waals surface area (Å²) in [6, 6.07) is 12.4. The molecule has 0 spiro atoms. The quantitative estimate of drug-likeness (QED) is 0.674. The highest BCUT2D eigenvalue weighted by atomic mass is 35.5. The second kappa shape index (κ2) is 6.55. The fourth-order valence-electron chi connectivity index (χ4n) is 1.56. The van der Waals surface area contributed by atoms with Gasteiger partial charge in [0.05, 0.1) is 16.3 Å². The van der Waals surface area contributed by atoms with Gasteiger partial charge in [0.25, 0.3) is 5.91 Å². The molecular formula is C15H12Cl2N2O. The molecule has 1 amide bonds. The lowest BCUT2D eigenvalue weighted by Gasteiger charge is -2.02. The maximum Gasteiger partial charge on any atom is 0.271 e. The largest absolute Gasteiger partial charge is 0.271 e. The minimum absolute atomic E-state index is 0.288. The lowest BCUT2D eigenvalue weighted by atomic mass is 10.1. The molecule has 0 aromatic heterocycles. The van der Waals surface area contributed by atoms with Gasteiger partial charge in [0.15, 0.2) is 0 Å². The number of benzene rings is 2. The Morgan fingerprint density at radius 1 is 1.10 bits per heavy atom. The normalized spacial score (nSPS) is 10.8. The molecule has 0 saturated heterocycles. The highest BCUT2D eigenvalue weighted by molar-refractivity contribution is 6.38. The van der Waals surface area contributed by atoms with Crippen LogP contribution >= 0.6 is 23.2 Å². The van der Waals surface area contributed by atoms with Crippen molar-refractivity contribution in [2.45, 2.75) is 6.92 Å². The zero-order valence-corrected chi connectivity index (χ0v) is 12.2. The van der Waals surface area contributed by atoms with Crippen molar-refractivity contribution in [2.24, 2.45) is 5.10 Å². The summed E-state index contributed by atoms with van der Waals surface area (Å²) >= 11 is 12.0. The van der Waals surface area contributed by atoms with Gasteiger partial charge in [0.1, 0.15) is 0 Å². The average Bonchev–Trinajstić information content (AvgIpc) is 2.42. The lowest BCUT2D eigenvalue weighted by molar-refractivity contribution is 0.0955. The molecule has 2 aromatic rings. The van der Waals surface area contributed by atoms with Crippen LogP contribution in [0.15, 0.2) is 47.6 Å². The van der Waals surface area contributed by atoms with Crippen molar-refractivity contribution < 1.29 is 4.79 Å². The van der Waals surface area contributed by atoms with Crippen molar-refractivity contribution in [3.05, 3.63) is 69.2 Å². The van der Waals surface area contributed by atoms with E-state index >= 15 is 0 Å². The Labute approximate surface area is 127 Å². The minimum Gasteiger partial charge on any atom is -0.267 e. The highest BCUT2D eigenvalue weighted by Crippen LogP contribution is 2.21. The molecular weight excluding hydrogens is 295 g/mol. The van der Waals surface area contributed by atoms with Gasteiger partial charge in [0, 0.05) is 11.1 Å². The van der Waals surface area contributed by atoms with E-state index in [2.05, 4.69) is 10.5 Å². The third kappa shape index (κ3) is 3.59. The van der Waals surface area contributed by atoms with E-state index in [-0.39, 0.29) is 5.91 Å². The summed E-state index contributed by atoms with van der Waals surface area (Å²) in [4.78, 5) is 11.8. The van der Waals surface area contributed by atoms with Gasteiger partial charge < -0.3 is 0 Å². The van der Waals surface area contributed by atoms with Gasteiger partial charge in [-0.1, -0.05) is 47.0 Å². The molecule has 0 radical (unpaired) electrons.